The molecule has 0 heterocycles. The number of amides is 3. The molecule has 0 atom stereocenters. The molecule has 6 rings (SSSR count). The van der Waals surface area contributed by atoms with Crippen molar-refractivity contribution in [1.29, 1.82) is 0 Å². The Morgan fingerprint density at radius 2 is 0.510 bits per heavy atom. The maximum atomic E-state index is 11.9. The number of benzene rings is 6. The minimum absolute atomic E-state index is 0.346. The first-order valence-electron chi connectivity index (χ1n) is 15.3. The summed E-state index contributed by atoms with van der Waals surface area (Å²) in [6, 6.07) is 46.3. The van der Waals surface area contributed by atoms with Crippen LogP contribution in [0.25, 0.3) is 33.4 Å². The van der Waals surface area contributed by atoms with Gasteiger partial charge in [0.2, 0.25) is 0 Å². The van der Waals surface area contributed by atoms with Gasteiger partial charge in [0.1, 0.15) is 0 Å². The molecule has 0 fully saturated rings. The van der Waals surface area contributed by atoms with Crippen LogP contribution in [-0.4, -0.2) is 17.7 Å². The van der Waals surface area contributed by atoms with Crippen molar-refractivity contribution in [3.8, 4) is 33.4 Å². The van der Waals surface area contributed by atoms with Gasteiger partial charge in [-0.15, -0.1) is 0 Å². The zero-order valence-corrected chi connectivity index (χ0v) is 26.3. The number of hydrazine groups is 3. The molecule has 0 aromatic heterocycles. The summed E-state index contributed by atoms with van der Waals surface area (Å²) < 4.78 is 0. The van der Waals surface area contributed by atoms with Gasteiger partial charge in [-0.2, -0.15) is 0 Å². The molecule has 0 aliphatic heterocycles. The van der Waals surface area contributed by atoms with Crippen LogP contribution >= 0.6 is 0 Å². The Morgan fingerprint density at radius 1 is 0.327 bits per heavy atom. The highest BCUT2D eigenvalue weighted by molar-refractivity contribution is 5.95. The van der Waals surface area contributed by atoms with Gasteiger partial charge in [-0.3, -0.25) is 30.7 Å². The average Bonchev–Trinajstić information content (AvgIpc) is 3.18. The molecule has 10 nitrogen and oxygen atoms in total. The summed E-state index contributed by atoms with van der Waals surface area (Å²) in [6.07, 6.45) is 0. The van der Waals surface area contributed by atoms with E-state index >= 15 is 0 Å². The van der Waals surface area contributed by atoms with Crippen molar-refractivity contribution in [3.05, 3.63) is 162 Å². The van der Waals surface area contributed by atoms with Gasteiger partial charge in [-0.25, -0.2) is 17.5 Å². The first-order valence-corrected chi connectivity index (χ1v) is 15.3. The molecule has 0 saturated heterocycles. The summed E-state index contributed by atoms with van der Waals surface area (Å²) in [5.41, 5.74) is 16.6. The number of hydrogen-bond donors (Lipinski definition) is 6. The van der Waals surface area contributed by atoms with Crippen LogP contribution in [0.2, 0.25) is 0 Å². The van der Waals surface area contributed by atoms with Crippen molar-refractivity contribution in [2.75, 3.05) is 4.90 Å². The first-order chi connectivity index (χ1) is 23.9. The summed E-state index contributed by atoms with van der Waals surface area (Å²) in [6.45, 7) is 0. The third-order valence-corrected chi connectivity index (χ3v) is 8.21. The number of carbonyl (C=O) groups is 3. The van der Waals surface area contributed by atoms with E-state index in [0.29, 0.717) is 16.7 Å². The van der Waals surface area contributed by atoms with E-state index in [2.05, 4.69) is 57.6 Å². The summed E-state index contributed by atoms with van der Waals surface area (Å²) in [5, 5.41) is 0. The monoisotopic (exact) mass is 647 g/mol. The van der Waals surface area contributed by atoms with E-state index in [1.807, 2.05) is 72.8 Å². The molecular weight excluding hydrogens is 614 g/mol. The fraction of sp³-hybridized carbons (Fsp3) is 0. The van der Waals surface area contributed by atoms with E-state index in [0.717, 1.165) is 50.4 Å². The van der Waals surface area contributed by atoms with E-state index in [1.54, 1.807) is 36.4 Å². The van der Waals surface area contributed by atoms with Gasteiger partial charge in [0.15, 0.2) is 0 Å². The molecule has 0 aliphatic carbocycles. The lowest BCUT2D eigenvalue weighted by Gasteiger charge is -2.26. The van der Waals surface area contributed by atoms with Crippen molar-refractivity contribution >= 4 is 34.8 Å². The molecule has 0 radical (unpaired) electrons. The largest absolute Gasteiger partial charge is 0.311 e. The molecule has 6 aromatic rings. The normalized spacial score (nSPS) is 10.6. The molecule has 49 heavy (non-hydrogen) atoms. The maximum absolute atomic E-state index is 11.9. The Bertz CT molecular complexity index is 1830. The molecule has 242 valence electrons. The molecule has 3 amide bonds. The Balaban J connectivity index is 1.32. The summed E-state index contributed by atoms with van der Waals surface area (Å²) in [5.74, 6) is 14.8. The Morgan fingerprint density at radius 3 is 0.694 bits per heavy atom. The quantitative estimate of drug-likeness (QED) is 0.0638. The summed E-state index contributed by atoms with van der Waals surface area (Å²) in [7, 11) is 0. The van der Waals surface area contributed by atoms with Gasteiger partial charge < -0.3 is 4.90 Å². The number of nitrogens with zero attached hydrogens (tertiary/aromatic N) is 1. The van der Waals surface area contributed by atoms with Gasteiger partial charge in [0.05, 0.1) is 0 Å². The number of rotatable bonds is 9. The van der Waals surface area contributed by atoms with Gasteiger partial charge in [0, 0.05) is 33.8 Å². The maximum Gasteiger partial charge on any atom is 0.265 e. The highest BCUT2D eigenvalue weighted by atomic mass is 16.2. The fourth-order valence-electron chi connectivity index (χ4n) is 5.55. The summed E-state index contributed by atoms with van der Waals surface area (Å²) in [4.78, 5) is 37.8. The molecule has 6 aromatic carbocycles. The molecular formula is C39H33N7O3. The highest BCUT2D eigenvalue weighted by Crippen LogP contribution is 2.37. The zero-order chi connectivity index (χ0) is 34.3. The van der Waals surface area contributed by atoms with E-state index < -0.39 is 0 Å². The number of nitrogens with two attached hydrogens (primary N) is 3. The molecule has 0 bridgehead atoms. The number of carbonyl (C=O) groups excluding carboxylic acids is 3. The van der Waals surface area contributed by atoms with Crippen molar-refractivity contribution in [3.63, 3.8) is 0 Å². The number of hydrogen-bond acceptors (Lipinski definition) is 7. The SMILES string of the molecule is NNC(=O)c1ccc(-c2ccc(N(c3ccc(-c4ccc(C(=O)NN)cc4)cc3)c3ccc(-c4ccc(C(=O)NN)cc4)cc3)cc2)cc1. The van der Waals surface area contributed by atoms with Crippen molar-refractivity contribution < 1.29 is 14.4 Å². The minimum Gasteiger partial charge on any atom is -0.311 e. The molecule has 0 unspecified atom stereocenters. The van der Waals surface area contributed by atoms with Crippen LogP contribution in [-0.2, 0) is 0 Å². The highest BCUT2D eigenvalue weighted by Gasteiger charge is 2.15. The fourth-order valence-corrected chi connectivity index (χ4v) is 5.55. The topological polar surface area (TPSA) is 169 Å². The molecule has 0 aliphatic rings. The smallest absolute Gasteiger partial charge is 0.265 e. The van der Waals surface area contributed by atoms with E-state index in [1.165, 1.54) is 0 Å². The standard InChI is InChI=1S/C39H33N7O3/c40-43-37(47)31-7-1-25(2-8-31)28-13-19-34(20-14-28)46(35-21-15-29(16-22-35)26-3-9-32(10-4-26)38(48)44-41)36-23-17-30(18-24-36)27-5-11-33(12-6-27)39(49)45-42/h1-24H,40-42H2,(H,43,47)(H,44,48)(H,45,49). The number of nitrogens with one attached hydrogen (secondary N) is 3. The molecule has 0 spiro atoms. The second kappa shape index (κ2) is 14.4. The Kier molecular flexibility index (Phi) is 9.54. The van der Waals surface area contributed by atoms with Crippen LogP contribution in [0.1, 0.15) is 31.1 Å². The molecule has 0 saturated carbocycles. The predicted octanol–water partition coefficient (Wildman–Crippen LogP) is 5.97. The molecule has 10 heteroatoms. The summed E-state index contributed by atoms with van der Waals surface area (Å²) >= 11 is 0. The van der Waals surface area contributed by atoms with Crippen LogP contribution in [0.4, 0.5) is 17.1 Å². The molecule has 9 N–H and O–H groups in total. The second-order valence-electron chi connectivity index (χ2n) is 11.1. The number of nitrogen functional groups attached to an aromatic ring is 3. The third kappa shape index (κ3) is 7.07. The van der Waals surface area contributed by atoms with Crippen LogP contribution < -0.4 is 38.7 Å². The lowest BCUT2D eigenvalue weighted by molar-refractivity contribution is 0.0945. The van der Waals surface area contributed by atoms with Crippen LogP contribution in [0, 0.1) is 0 Å². The first kappa shape index (κ1) is 32.4. The van der Waals surface area contributed by atoms with E-state index in [-0.39, 0.29) is 17.7 Å². The Labute approximate surface area is 283 Å². The van der Waals surface area contributed by atoms with E-state index in [4.69, 9.17) is 17.5 Å². The lowest BCUT2D eigenvalue weighted by Crippen LogP contribution is -2.29. The van der Waals surface area contributed by atoms with Gasteiger partial charge >= 0.3 is 0 Å². The van der Waals surface area contributed by atoms with Crippen LogP contribution in [0.3, 0.4) is 0 Å². The van der Waals surface area contributed by atoms with Crippen LogP contribution in [0.5, 0.6) is 0 Å². The average molecular weight is 648 g/mol. The van der Waals surface area contributed by atoms with Crippen molar-refractivity contribution in [2.24, 2.45) is 17.5 Å². The minimum atomic E-state index is -0.346. The zero-order valence-electron chi connectivity index (χ0n) is 26.3. The van der Waals surface area contributed by atoms with Crippen molar-refractivity contribution in [2.45, 2.75) is 0 Å². The van der Waals surface area contributed by atoms with Crippen molar-refractivity contribution in [1.82, 2.24) is 16.3 Å². The van der Waals surface area contributed by atoms with Gasteiger partial charge in [-0.1, -0.05) is 72.8 Å². The second-order valence-corrected chi connectivity index (χ2v) is 11.1. The van der Waals surface area contributed by atoms with E-state index in [9.17, 15) is 14.4 Å². The third-order valence-electron chi connectivity index (χ3n) is 8.21. The number of anilines is 3. The Hall–Kier alpha value is -6.59. The predicted molar refractivity (Wildman–Crippen MR) is 192 cm³/mol. The van der Waals surface area contributed by atoms with Crippen LogP contribution in [0.15, 0.2) is 146 Å². The lowest BCUT2D eigenvalue weighted by atomic mass is 10.0. The van der Waals surface area contributed by atoms with Gasteiger partial charge in [0.25, 0.3) is 17.7 Å². The van der Waals surface area contributed by atoms with Gasteiger partial charge in [-0.05, 0) is 106 Å².